The molecule has 3 aromatic carbocycles. The van der Waals surface area contributed by atoms with E-state index in [9.17, 15) is 13.2 Å². The maximum Gasteiger partial charge on any atom is 0.255 e. The fraction of sp³-hybridized carbons (Fsp3) is 0.240. The zero-order valence-corrected chi connectivity index (χ0v) is 19.4. The topological polar surface area (TPSA) is 84.9 Å². The number of sulfonamides is 1. The lowest BCUT2D eigenvalue weighted by Gasteiger charge is -2.28. The highest BCUT2D eigenvalue weighted by atomic mass is 32.2. The van der Waals surface area contributed by atoms with Crippen LogP contribution in [-0.4, -0.2) is 38.9 Å². The van der Waals surface area contributed by atoms with Gasteiger partial charge in [0, 0.05) is 24.3 Å². The molecular formula is C25H26N2O5S. The van der Waals surface area contributed by atoms with Crippen LogP contribution in [0.3, 0.4) is 0 Å². The lowest BCUT2D eigenvalue weighted by Crippen LogP contribution is -2.36. The Balaban J connectivity index is 1.49. The van der Waals surface area contributed by atoms with Crippen LogP contribution < -0.4 is 14.8 Å². The average molecular weight is 467 g/mol. The Morgan fingerprint density at radius 3 is 2.33 bits per heavy atom. The van der Waals surface area contributed by atoms with Crippen molar-refractivity contribution in [2.45, 2.75) is 24.8 Å². The van der Waals surface area contributed by atoms with E-state index >= 15 is 0 Å². The third-order valence-corrected chi connectivity index (χ3v) is 7.43. The summed E-state index contributed by atoms with van der Waals surface area (Å²) in [5, 5.41) is 2.90. The Labute approximate surface area is 194 Å². The van der Waals surface area contributed by atoms with Gasteiger partial charge in [-0.3, -0.25) is 4.79 Å². The normalized spacial score (nSPS) is 13.8. The number of amides is 1. The summed E-state index contributed by atoms with van der Waals surface area (Å²) >= 11 is 0. The van der Waals surface area contributed by atoms with Crippen molar-refractivity contribution in [1.29, 1.82) is 0 Å². The molecule has 1 aliphatic heterocycles. The van der Waals surface area contributed by atoms with Gasteiger partial charge in [0.2, 0.25) is 10.0 Å². The van der Waals surface area contributed by atoms with Gasteiger partial charge in [-0.15, -0.1) is 0 Å². The van der Waals surface area contributed by atoms with Gasteiger partial charge in [-0.2, -0.15) is 4.31 Å². The average Bonchev–Trinajstić information content (AvgIpc) is 2.84. The molecule has 0 aromatic heterocycles. The summed E-state index contributed by atoms with van der Waals surface area (Å²) in [6.45, 7) is 3.11. The molecule has 0 radical (unpaired) electrons. The lowest BCUT2D eigenvalue weighted by molar-refractivity contribution is 0.102. The molecule has 0 bridgehead atoms. The molecule has 1 aliphatic rings. The number of nitrogens with one attached hydrogen (secondary N) is 1. The van der Waals surface area contributed by atoms with Crippen molar-refractivity contribution < 1.29 is 22.7 Å². The molecule has 0 unspecified atom stereocenters. The molecular weight excluding hydrogens is 440 g/mol. The van der Waals surface area contributed by atoms with Gasteiger partial charge in [-0.05, 0) is 85.1 Å². The van der Waals surface area contributed by atoms with Gasteiger partial charge < -0.3 is 14.8 Å². The molecule has 3 aromatic rings. The van der Waals surface area contributed by atoms with Crippen LogP contribution in [-0.2, 0) is 23.0 Å². The first-order valence-corrected chi connectivity index (χ1v) is 12.1. The molecule has 0 saturated carbocycles. The van der Waals surface area contributed by atoms with Crippen LogP contribution in [0.25, 0.3) is 0 Å². The van der Waals surface area contributed by atoms with Crippen LogP contribution in [0.2, 0.25) is 0 Å². The summed E-state index contributed by atoms with van der Waals surface area (Å²) in [6, 6.07) is 19.0. The number of hydrogen-bond acceptors (Lipinski definition) is 5. The molecule has 0 fully saturated rings. The van der Waals surface area contributed by atoms with E-state index in [2.05, 4.69) is 5.32 Å². The number of nitrogens with zero attached hydrogens (tertiary/aromatic N) is 1. The smallest absolute Gasteiger partial charge is 0.255 e. The number of hydrogen-bond donors (Lipinski definition) is 1. The van der Waals surface area contributed by atoms with Crippen molar-refractivity contribution in [3.63, 3.8) is 0 Å². The highest BCUT2D eigenvalue weighted by molar-refractivity contribution is 7.89. The predicted molar refractivity (Wildman–Crippen MR) is 126 cm³/mol. The van der Waals surface area contributed by atoms with Crippen LogP contribution in [0.4, 0.5) is 5.69 Å². The molecule has 7 nitrogen and oxygen atoms in total. The maximum atomic E-state index is 13.1. The van der Waals surface area contributed by atoms with E-state index in [0.29, 0.717) is 42.3 Å². The number of carbonyl (C=O) groups excluding carboxylic acids is 1. The third-order valence-electron chi connectivity index (χ3n) is 5.57. The van der Waals surface area contributed by atoms with E-state index in [4.69, 9.17) is 9.47 Å². The van der Waals surface area contributed by atoms with Crippen molar-refractivity contribution >= 4 is 21.6 Å². The zero-order valence-electron chi connectivity index (χ0n) is 18.6. The number of methoxy groups -OCH3 is 1. The minimum atomic E-state index is -3.64. The van der Waals surface area contributed by atoms with Crippen LogP contribution in [0.1, 0.15) is 28.4 Å². The Kier molecular flexibility index (Phi) is 6.67. The van der Waals surface area contributed by atoms with E-state index in [1.54, 1.807) is 48.5 Å². The number of ether oxygens (including phenoxy) is 2. The fourth-order valence-electron chi connectivity index (χ4n) is 3.78. The van der Waals surface area contributed by atoms with E-state index < -0.39 is 10.0 Å². The molecule has 8 heteroatoms. The van der Waals surface area contributed by atoms with Crippen molar-refractivity contribution in [2.24, 2.45) is 0 Å². The summed E-state index contributed by atoms with van der Waals surface area (Å²) in [6.07, 6.45) is 0.609. The Morgan fingerprint density at radius 1 is 0.970 bits per heavy atom. The largest absolute Gasteiger partial charge is 0.497 e. The Morgan fingerprint density at radius 2 is 1.67 bits per heavy atom. The van der Waals surface area contributed by atoms with E-state index in [0.717, 1.165) is 11.1 Å². The number of fused-ring (bicyclic) bond motifs is 1. The molecule has 0 atom stereocenters. The lowest BCUT2D eigenvalue weighted by atomic mass is 10.0. The maximum absolute atomic E-state index is 13.1. The first-order chi connectivity index (χ1) is 15.9. The van der Waals surface area contributed by atoms with Gasteiger partial charge in [0.25, 0.3) is 5.91 Å². The third kappa shape index (κ3) is 5.02. The van der Waals surface area contributed by atoms with E-state index in [1.165, 1.54) is 11.4 Å². The van der Waals surface area contributed by atoms with Crippen molar-refractivity contribution in [1.82, 2.24) is 4.31 Å². The van der Waals surface area contributed by atoms with Gasteiger partial charge in [-0.25, -0.2) is 8.42 Å². The van der Waals surface area contributed by atoms with Crippen molar-refractivity contribution in [2.75, 3.05) is 25.6 Å². The highest BCUT2D eigenvalue weighted by Gasteiger charge is 2.28. The minimum absolute atomic E-state index is 0.228. The molecule has 1 N–H and O–H groups in total. The van der Waals surface area contributed by atoms with Crippen LogP contribution in [0.5, 0.6) is 11.5 Å². The predicted octanol–water partition coefficient (Wildman–Crippen LogP) is 4.09. The fourth-order valence-corrected chi connectivity index (χ4v) is 5.20. The minimum Gasteiger partial charge on any atom is -0.497 e. The molecule has 1 amide bonds. The number of carbonyl (C=O) groups is 1. The number of anilines is 1. The summed E-state index contributed by atoms with van der Waals surface area (Å²) < 4.78 is 38.2. The number of benzene rings is 3. The standard InChI is InChI=1S/C25H26N2O5S/c1-3-32-23-8-5-19(6-9-23)25(28)26-21-7-4-18-14-15-27(17-20(18)16-21)33(29,30)24-12-10-22(31-2)11-13-24/h4-13,16H,3,14-15,17H2,1-2H3,(H,26,28). The second kappa shape index (κ2) is 9.64. The quantitative estimate of drug-likeness (QED) is 0.567. The number of rotatable bonds is 7. The van der Waals surface area contributed by atoms with E-state index in [1.807, 2.05) is 25.1 Å². The summed E-state index contributed by atoms with van der Waals surface area (Å²) in [7, 11) is -2.10. The van der Waals surface area contributed by atoms with Crippen LogP contribution in [0, 0.1) is 0 Å². The van der Waals surface area contributed by atoms with Crippen molar-refractivity contribution in [3.8, 4) is 11.5 Å². The van der Waals surface area contributed by atoms with Gasteiger partial charge in [0.05, 0.1) is 18.6 Å². The van der Waals surface area contributed by atoms with Gasteiger partial charge in [0.15, 0.2) is 0 Å². The Hall–Kier alpha value is -3.36. The second-order valence-corrected chi connectivity index (χ2v) is 9.60. The monoisotopic (exact) mass is 466 g/mol. The van der Waals surface area contributed by atoms with Gasteiger partial charge in [0.1, 0.15) is 11.5 Å². The zero-order chi connectivity index (χ0) is 23.4. The Bertz CT molecular complexity index is 1240. The second-order valence-electron chi connectivity index (χ2n) is 7.66. The SMILES string of the molecule is CCOc1ccc(C(=O)Nc2ccc3c(c2)CN(S(=O)(=O)c2ccc(OC)cc2)CC3)cc1. The molecule has 33 heavy (non-hydrogen) atoms. The molecule has 4 rings (SSSR count). The van der Waals surface area contributed by atoms with Crippen LogP contribution in [0.15, 0.2) is 71.6 Å². The molecule has 0 aliphatic carbocycles. The first kappa shape index (κ1) is 22.8. The molecule has 172 valence electrons. The molecule has 0 saturated heterocycles. The van der Waals surface area contributed by atoms with Gasteiger partial charge in [-0.1, -0.05) is 6.07 Å². The summed E-state index contributed by atoms with van der Waals surface area (Å²) in [5.41, 5.74) is 3.09. The van der Waals surface area contributed by atoms with Gasteiger partial charge >= 0.3 is 0 Å². The summed E-state index contributed by atoms with van der Waals surface area (Å²) in [4.78, 5) is 12.9. The summed E-state index contributed by atoms with van der Waals surface area (Å²) in [5.74, 6) is 1.07. The van der Waals surface area contributed by atoms with Crippen LogP contribution >= 0.6 is 0 Å². The van der Waals surface area contributed by atoms with E-state index in [-0.39, 0.29) is 17.3 Å². The van der Waals surface area contributed by atoms with Crippen molar-refractivity contribution in [3.05, 3.63) is 83.4 Å². The molecule has 1 heterocycles. The highest BCUT2D eigenvalue weighted by Crippen LogP contribution is 2.28. The first-order valence-electron chi connectivity index (χ1n) is 10.7. The molecule has 0 spiro atoms.